The molecule has 3 aromatic carbocycles. The molecule has 1 saturated heterocycles. The van der Waals surface area contributed by atoms with Crippen molar-refractivity contribution in [2.75, 3.05) is 6.61 Å². The maximum atomic E-state index is 14.3. The maximum absolute atomic E-state index is 14.3. The second-order valence-electron chi connectivity index (χ2n) is 10.1. The molecule has 0 aliphatic carbocycles. The van der Waals surface area contributed by atoms with Gasteiger partial charge >= 0.3 is 6.09 Å². The number of benzene rings is 3. The molecule has 3 aromatic rings. The van der Waals surface area contributed by atoms with Gasteiger partial charge in [-0.1, -0.05) is 91.1 Å². The predicted octanol–water partition coefficient (Wildman–Crippen LogP) is 4.93. The van der Waals surface area contributed by atoms with E-state index in [9.17, 15) is 20.0 Å². The Morgan fingerprint density at radius 2 is 1.58 bits per heavy atom. The molecule has 1 fully saturated rings. The molecule has 1 N–H and O–H groups in total. The number of aliphatic hydroxyl groups excluding tert-OH is 1. The van der Waals surface area contributed by atoms with Gasteiger partial charge in [0.15, 0.2) is 0 Å². The highest BCUT2D eigenvalue weighted by molar-refractivity contribution is 6.90. The maximum Gasteiger partial charge on any atom is 0.417 e. The van der Waals surface area contributed by atoms with Crippen LogP contribution in [-0.4, -0.2) is 36.7 Å². The number of rotatable bonds is 7. The van der Waals surface area contributed by atoms with Gasteiger partial charge in [-0.05, 0) is 36.2 Å². The van der Waals surface area contributed by atoms with E-state index in [4.69, 9.17) is 4.74 Å². The molecule has 7 heteroatoms. The molecule has 36 heavy (non-hydrogen) atoms. The number of amides is 2. The third-order valence-corrected chi connectivity index (χ3v) is 10.6. The lowest BCUT2D eigenvalue weighted by Crippen LogP contribution is -2.59. The van der Waals surface area contributed by atoms with E-state index >= 15 is 0 Å². The highest BCUT2D eigenvalue weighted by Crippen LogP contribution is 2.49. The van der Waals surface area contributed by atoms with E-state index in [0.717, 1.165) is 4.90 Å². The number of ether oxygens (including phenoxy) is 1. The molecule has 1 aliphatic rings. The lowest BCUT2D eigenvalue weighted by Gasteiger charge is -2.48. The summed E-state index contributed by atoms with van der Waals surface area (Å²) < 4.78 is 6.02. The number of carbonyl (C=O) groups is 2. The fourth-order valence-electron chi connectivity index (χ4n) is 5.28. The number of nitrogens with zero attached hydrogens (tertiary/aromatic N) is 2. The summed E-state index contributed by atoms with van der Waals surface area (Å²) in [6.07, 6.45) is -1.61. The molecular weight excluding hydrogens is 468 g/mol. The Morgan fingerprint density at radius 3 is 2.14 bits per heavy atom. The molecule has 184 valence electrons. The largest absolute Gasteiger partial charge is 0.440 e. The molecule has 0 aromatic heterocycles. The Hall–Kier alpha value is -3.73. The fourth-order valence-corrected chi connectivity index (χ4v) is 8.76. The van der Waals surface area contributed by atoms with Crippen molar-refractivity contribution in [2.24, 2.45) is 5.41 Å². The second-order valence-corrected chi connectivity index (χ2v) is 14.8. The van der Waals surface area contributed by atoms with E-state index in [1.807, 2.05) is 43.3 Å². The number of hydrogen-bond acceptors (Lipinski definition) is 5. The zero-order valence-corrected chi connectivity index (χ0v) is 21.7. The Bertz CT molecular complexity index is 1270. The summed E-state index contributed by atoms with van der Waals surface area (Å²) in [7, 11) is -2.20. The van der Waals surface area contributed by atoms with Gasteiger partial charge in [0.1, 0.15) is 6.10 Å². The van der Waals surface area contributed by atoms with Gasteiger partial charge in [-0.25, -0.2) is 9.69 Å². The topological polar surface area (TPSA) is 90.6 Å². The quantitative estimate of drug-likeness (QED) is 0.466. The van der Waals surface area contributed by atoms with Crippen molar-refractivity contribution in [1.82, 2.24) is 4.90 Å². The van der Waals surface area contributed by atoms with E-state index in [2.05, 4.69) is 31.3 Å². The first-order chi connectivity index (χ1) is 17.2. The molecule has 1 heterocycles. The van der Waals surface area contributed by atoms with Crippen LogP contribution in [0.4, 0.5) is 4.79 Å². The second kappa shape index (κ2) is 10.1. The molecule has 0 saturated carbocycles. The normalized spacial score (nSPS) is 21.0. The number of hydrogen-bond donors (Lipinski definition) is 1. The van der Waals surface area contributed by atoms with Crippen molar-refractivity contribution < 1.29 is 19.4 Å². The van der Waals surface area contributed by atoms with Gasteiger partial charge in [0, 0.05) is 0 Å². The van der Waals surface area contributed by atoms with Crippen LogP contribution in [0.5, 0.6) is 0 Å². The lowest BCUT2D eigenvalue weighted by atomic mass is 9.79. The summed E-state index contributed by atoms with van der Waals surface area (Å²) in [5, 5.41) is 20.7. The first kappa shape index (κ1) is 25.4. The standard InChI is InChI=1S/C29H30N2O4Si/c1-29(20-36(2,3)24-12-8-5-9-13-24)26(23-16-14-21(18-30)15-17-23)35-28(34)31(27(29)33)25(19-32)22-10-6-4-7-11-22/h4-17,25-26,32H,19-20H2,1-3H3/t25-,26-,29-/m1/s1. The third-order valence-electron chi connectivity index (χ3n) is 7.08. The molecule has 0 radical (unpaired) electrons. The van der Waals surface area contributed by atoms with Crippen LogP contribution in [-0.2, 0) is 9.53 Å². The van der Waals surface area contributed by atoms with Gasteiger partial charge in [-0.2, -0.15) is 5.26 Å². The highest BCUT2D eigenvalue weighted by Gasteiger charge is 2.56. The Morgan fingerprint density at radius 1 is 1.00 bits per heavy atom. The van der Waals surface area contributed by atoms with Gasteiger partial charge < -0.3 is 9.84 Å². The number of aliphatic hydroxyl groups is 1. The SMILES string of the molecule is C[C@]1(C[Si](C)(C)c2ccccc2)C(=O)N([C@H](CO)c2ccccc2)C(=O)O[C@@H]1c1ccc(C#N)cc1. The zero-order chi connectivity index (χ0) is 25.9. The van der Waals surface area contributed by atoms with Crippen LogP contribution < -0.4 is 5.19 Å². The molecule has 4 rings (SSSR count). The fraction of sp³-hybridized carbons (Fsp3) is 0.276. The molecule has 2 amide bonds. The van der Waals surface area contributed by atoms with E-state index < -0.39 is 38.3 Å². The minimum absolute atomic E-state index is 0.368. The van der Waals surface area contributed by atoms with E-state index in [0.29, 0.717) is 22.7 Å². The van der Waals surface area contributed by atoms with E-state index in [1.165, 1.54) is 5.19 Å². The average molecular weight is 499 g/mol. The monoisotopic (exact) mass is 498 g/mol. The van der Waals surface area contributed by atoms with Crippen molar-refractivity contribution in [3.05, 3.63) is 102 Å². The van der Waals surface area contributed by atoms with Crippen molar-refractivity contribution in [1.29, 1.82) is 5.26 Å². The summed E-state index contributed by atoms with van der Waals surface area (Å²) in [5.74, 6) is -0.368. The van der Waals surface area contributed by atoms with Crippen LogP contribution in [0, 0.1) is 16.7 Å². The van der Waals surface area contributed by atoms with Crippen LogP contribution in [0.2, 0.25) is 19.1 Å². The molecule has 0 unspecified atom stereocenters. The Labute approximate surface area is 212 Å². The third kappa shape index (κ3) is 4.70. The minimum Gasteiger partial charge on any atom is -0.440 e. The molecule has 0 bridgehead atoms. The molecule has 0 spiro atoms. The molecule has 3 atom stereocenters. The Balaban J connectivity index is 1.81. The van der Waals surface area contributed by atoms with Gasteiger partial charge in [0.25, 0.3) is 0 Å². The smallest absolute Gasteiger partial charge is 0.417 e. The minimum atomic E-state index is -2.20. The zero-order valence-electron chi connectivity index (χ0n) is 20.7. The van der Waals surface area contributed by atoms with Gasteiger partial charge in [0.05, 0.1) is 37.8 Å². The summed E-state index contributed by atoms with van der Waals surface area (Å²) in [4.78, 5) is 28.8. The van der Waals surface area contributed by atoms with Crippen LogP contribution in [0.1, 0.15) is 35.8 Å². The number of cyclic esters (lactones) is 1. The molecule has 6 nitrogen and oxygen atoms in total. The van der Waals surface area contributed by atoms with Gasteiger partial charge in [-0.15, -0.1) is 0 Å². The van der Waals surface area contributed by atoms with Crippen molar-refractivity contribution in [3.8, 4) is 6.07 Å². The summed E-state index contributed by atoms with van der Waals surface area (Å²) in [6.45, 7) is 5.85. The van der Waals surface area contributed by atoms with Crippen LogP contribution >= 0.6 is 0 Å². The number of imide groups is 1. The Kier molecular flexibility index (Phi) is 7.11. The molecular formula is C29H30N2O4Si. The highest BCUT2D eigenvalue weighted by atomic mass is 28.3. The van der Waals surface area contributed by atoms with E-state index in [-0.39, 0.29) is 5.91 Å². The van der Waals surface area contributed by atoms with Crippen molar-refractivity contribution >= 4 is 25.3 Å². The average Bonchev–Trinajstić information content (AvgIpc) is 2.90. The first-order valence-corrected chi connectivity index (χ1v) is 15.2. The van der Waals surface area contributed by atoms with Crippen LogP contribution in [0.25, 0.3) is 0 Å². The van der Waals surface area contributed by atoms with Crippen molar-refractivity contribution in [3.63, 3.8) is 0 Å². The van der Waals surface area contributed by atoms with E-state index in [1.54, 1.807) is 36.4 Å². The van der Waals surface area contributed by atoms with Crippen LogP contribution in [0.3, 0.4) is 0 Å². The predicted molar refractivity (Wildman–Crippen MR) is 140 cm³/mol. The lowest BCUT2D eigenvalue weighted by molar-refractivity contribution is -0.159. The molecule has 1 aliphatic heterocycles. The van der Waals surface area contributed by atoms with Crippen molar-refractivity contribution in [2.45, 2.75) is 38.2 Å². The number of carbonyl (C=O) groups excluding carboxylic acids is 2. The summed E-state index contributed by atoms with van der Waals surface area (Å²) >= 11 is 0. The summed E-state index contributed by atoms with van der Waals surface area (Å²) in [6, 6.07) is 27.8. The first-order valence-electron chi connectivity index (χ1n) is 12.0. The number of nitriles is 1. The van der Waals surface area contributed by atoms with Crippen LogP contribution in [0.15, 0.2) is 84.9 Å². The van der Waals surface area contributed by atoms with Gasteiger partial charge in [-0.3, -0.25) is 4.79 Å². The van der Waals surface area contributed by atoms with Gasteiger partial charge in [0.2, 0.25) is 5.91 Å². The summed E-state index contributed by atoms with van der Waals surface area (Å²) in [5.41, 5.74) is 0.717.